The van der Waals surface area contributed by atoms with Crippen LogP contribution in [0.3, 0.4) is 0 Å². The van der Waals surface area contributed by atoms with Gasteiger partial charge in [-0.15, -0.1) is 0 Å². The van der Waals surface area contributed by atoms with Crippen LogP contribution in [0, 0.1) is 5.41 Å². The molecule has 0 aromatic rings. The molecule has 320 valence electrons. The Bertz CT molecular complexity index is 726. The minimum atomic E-state index is -2.87. The number of rotatable bonds is 42. The first-order valence-electron chi connectivity index (χ1n) is 23.6. The summed E-state index contributed by atoms with van der Waals surface area (Å²) in [7, 11) is -3.64. The molecule has 53 heavy (non-hydrogen) atoms. The molecule has 8 heteroatoms. The molecule has 0 aromatic heterocycles. The molecule has 0 fully saturated rings. The summed E-state index contributed by atoms with van der Waals surface area (Å²) in [5.41, 5.74) is 0.488. The predicted octanol–water partition coefficient (Wildman–Crippen LogP) is 13.8. The molecule has 6 nitrogen and oxygen atoms in total. The maximum atomic E-state index is 7.16. The summed E-state index contributed by atoms with van der Waals surface area (Å²) < 4.78 is 39.3. The average molecular weight is 789 g/mol. The molecule has 0 saturated carbocycles. The molecule has 0 radical (unpaired) electrons. The molecule has 0 amide bonds. The zero-order chi connectivity index (χ0) is 39.4. The molecule has 0 aliphatic rings. The quantitative estimate of drug-likeness (QED) is 0.0349. The van der Waals surface area contributed by atoms with E-state index >= 15 is 0 Å². The molecule has 0 spiro atoms. The van der Waals surface area contributed by atoms with E-state index in [0.29, 0.717) is 38.4 Å². The van der Waals surface area contributed by atoms with Gasteiger partial charge in [0.15, 0.2) is 0 Å². The summed E-state index contributed by atoms with van der Waals surface area (Å²) in [6.07, 6.45) is 35.6. The van der Waals surface area contributed by atoms with Crippen LogP contribution in [0.2, 0.25) is 6.04 Å². The van der Waals surface area contributed by atoms with Gasteiger partial charge in [0.1, 0.15) is 15.1 Å². The van der Waals surface area contributed by atoms with Crippen LogP contribution >= 0.6 is 0 Å². The van der Waals surface area contributed by atoms with Gasteiger partial charge in [-0.1, -0.05) is 194 Å². The number of ether oxygens (including phenoxy) is 3. The highest BCUT2D eigenvalue weighted by molar-refractivity contribution is 7.14. The normalized spacial score (nSPS) is 13.5. The molecular formula is C45H96O6Si2. The van der Waals surface area contributed by atoms with Crippen molar-refractivity contribution in [3.05, 3.63) is 0 Å². The minimum absolute atomic E-state index is 0.379. The van der Waals surface area contributed by atoms with Gasteiger partial charge in [0.25, 0.3) is 0 Å². The van der Waals surface area contributed by atoms with E-state index < -0.39 is 23.3 Å². The lowest BCUT2D eigenvalue weighted by Crippen LogP contribution is -2.61. The highest BCUT2D eigenvalue weighted by Crippen LogP contribution is 2.31. The van der Waals surface area contributed by atoms with E-state index in [1.807, 2.05) is 20.8 Å². The zero-order valence-electron chi connectivity index (χ0n) is 37.6. The van der Waals surface area contributed by atoms with E-state index in [9.17, 15) is 0 Å². The Morgan fingerprint density at radius 1 is 0.434 bits per heavy atom. The molecular weight excluding hydrogens is 693 g/mol. The highest BCUT2D eigenvalue weighted by atomic mass is 29.2. The number of hydrogen-bond acceptors (Lipinski definition) is 6. The summed E-state index contributed by atoms with van der Waals surface area (Å²) >= 11 is 0. The van der Waals surface area contributed by atoms with Gasteiger partial charge in [0, 0.05) is 33.0 Å². The third kappa shape index (κ3) is 30.0. The van der Waals surface area contributed by atoms with Gasteiger partial charge in [-0.2, -0.15) is 0 Å². The third-order valence-electron chi connectivity index (χ3n) is 10.5. The van der Waals surface area contributed by atoms with Crippen LogP contribution in [0.4, 0.5) is 0 Å². The van der Waals surface area contributed by atoms with Gasteiger partial charge < -0.3 is 27.5 Å². The van der Waals surface area contributed by atoms with Crippen LogP contribution < -0.4 is 0 Å². The summed E-state index contributed by atoms with van der Waals surface area (Å²) in [6.45, 7) is 22.2. The van der Waals surface area contributed by atoms with E-state index in [4.69, 9.17) is 27.5 Å². The van der Waals surface area contributed by atoms with Crippen molar-refractivity contribution in [2.45, 2.75) is 254 Å². The van der Waals surface area contributed by atoms with Gasteiger partial charge in [-0.05, 0) is 52.9 Å². The Labute approximate surface area is 336 Å². The van der Waals surface area contributed by atoms with Crippen LogP contribution in [0.15, 0.2) is 0 Å². The first-order chi connectivity index (χ1) is 25.7. The Kier molecular flexibility index (Phi) is 36.7. The SMILES string of the molecule is CCCCCCCCCCCCCCCCC(O[Si](OCC)(OCC)[SiH2]CCCCCCCCCCCCCC(C)(C)C)C(OCC)(OCC)OCC. The van der Waals surface area contributed by atoms with Crippen LogP contribution in [-0.2, 0) is 27.5 Å². The van der Waals surface area contributed by atoms with Gasteiger partial charge in [0.2, 0.25) is 0 Å². The summed E-state index contributed by atoms with van der Waals surface area (Å²) in [4.78, 5) is 0. The minimum Gasteiger partial charge on any atom is -0.377 e. The van der Waals surface area contributed by atoms with Crippen LogP contribution in [0.5, 0.6) is 0 Å². The number of hydrogen-bond donors (Lipinski definition) is 0. The molecule has 1 atom stereocenters. The Morgan fingerprint density at radius 3 is 1.15 bits per heavy atom. The lowest BCUT2D eigenvalue weighted by atomic mass is 9.89. The Morgan fingerprint density at radius 2 is 0.792 bits per heavy atom. The summed E-state index contributed by atoms with van der Waals surface area (Å²) in [5, 5.41) is 0. The van der Waals surface area contributed by atoms with E-state index in [1.165, 1.54) is 167 Å². The van der Waals surface area contributed by atoms with Gasteiger partial charge in [0.05, 0.1) is 0 Å². The second-order valence-electron chi connectivity index (χ2n) is 16.7. The monoisotopic (exact) mass is 789 g/mol. The first-order valence-corrected chi connectivity index (χ1v) is 28.6. The number of unbranched alkanes of at least 4 members (excludes halogenated alkanes) is 23. The Hall–Kier alpha value is 0.194. The lowest BCUT2D eigenvalue weighted by Gasteiger charge is -2.42. The van der Waals surface area contributed by atoms with Crippen LogP contribution in [0.25, 0.3) is 0 Å². The fourth-order valence-corrected chi connectivity index (χ4v) is 15.9. The van der Waals surface area contributed by atoms with Crippen LogP contribution in [0.1, 0.15) is 236 Å². The topological polar surface area (TPSA) is 55.4 Å². The van der Waals surface area contributed by atoms with Gasteiger partial charge in [-0.3, -0.25) is 0 Å². The fraction of sp³-hybridized carbons (Fsp3) is 1.00. The van der Waals surface area contributed by atoms with Crippen molar-refractivity contribution in [1.29, 1.82) is 0 Å². The first kappa shape index (κ1) is 53.2. The van der Waals surface area contributed by atoms with Crippen molar-refractivity contribution in [3.8, 4) is 0 Å². The average Bonchev–Trinajstić information content (AvgIpc) is 3.11. The van der Waals surface area contributed by atoms with Crippen molar-refractivity contribution in [2.24, 2.45) is 5.41 Å². The fourth-order valence-electron chi connectivity index (χ4n) is 7.57. The zero-order valence-corrected chi connectivity index (χ0v) is 40.0. The molecule has 1 unspecified atom stereocenters. The molecule has 0 aliphatic carbocycles. The van der Waals surface area contributed by atoms with E-state index in [1.54, 1.807) is 0 Å². The van der Waals surface area contributed by atoms with Crippen molar-refractivity contribution in [3.63, 3.8) is 0 Å². The Balaban J connectivity index is 4.95. The molecule has 0 bridgehead atoms. The highest BCUT2D eigenvalue weighted by Gasteiger charge is 2.50. The second kappa shape index (κ2) is 36.5. The van der Waals surface area contributed by atoms with Gasteiger partial charge in [-0.25, -0.2) is 0 Å². The maximum Gasteiger partial charge on any atom is 0.462 e. The molecule has 0 N–H and O–H groups in total. The third-order valence-corrected chi connectivity index (χ3v) is 18.6. The van der Waals surface area contributed by atoms with Crippen molar-refractivity contribution >= 4 is 17.4 Å². The van der Waals surface area contributed by atoms with Crippen LogP contribution in [-0.4, -0.2) is 62.5 Å². The van der Waals surface area contributed by atoms with Crippen molar-refractivity contribution < 1.29 is 27.5 Å². The van der Waals surface area contributed by atoms with Gasteiger partial charge >= 0.3 is 14.3 Å². The molecule has 0 rings (SSSR count). The van der Waals surface area contributed by atoms with Crippen molar-refractivity contribution in [1.82, 2.24) is 0 Å². The van der Waals surface area contributed by atoms with E-state index in [0.717, 1.165) is 12.8 Å². The largest absolute Gasteiger partial charge is 0.462 e. The predicted molar refractivity (Wildman–Crippen MR) is 235 cm³/mol. The molecule has 0 aliphatic heterocycles. The summed E-state index contributed by atoms with van der Waals surface area (Å²) in [6, 6.07) is 1.19. The maximum absolute atomic E-state index is 7.16. The second-order valence-corrected chi connectivity index (χ2v) is 24.2. The lowest BCUT2D eigenvalue weighted by molar-refractivity contribution is -0.409. The van der Waals surface area contributed by atoms with Crippen molar-refractivity contribution in [2.75, 3.05) is 33.0 Å². The molecule has 0 aromatic carbocycles. The molecule has 0 heterocycles. The smallest absolute Gasteiger partial charge is 0.377 e. The standard InChI is InChI=1S/C45H96O6Si2/c1-10-16-17-18-19-20-21-22-23-25-28-31-34-37-40-43(45(46-11-2,47-12-3)48-13-4)51-53(49-14-5,50-15-6)52-42-39-36-33-30-27-24-26-29-32-35-38-41-44(7,8)9/h43H,10-42,52H2,1-9H3. The summed E-state index contributed by atoms with van der Waals surface area (Å²) in [5.74, 6) is -1.23. The van der Waals surface area contributed by atoms with E-state index in [-0.39, 0.29) is 6.10 Å². The van der Waals surface area contributed by atoms with E-state index in [2.05, 4.69) is 41.5 Å². The molecule has 0 saturated heterocycles.